The number of urea groups is 1. The molecule has 7 nitrogen and oxygen atoms in total. The van der Waals surface area contributed by atoms with E-state index in [0.717, 1.165) is 44.6 Å². The molecule has 160 valence electrons. The van der Waals surface area contributed by atoms with E-state index in [2.05, 4.69) is 26.0 Å². The van der Waals surface area contributed by atoms with Gasteiger partial charge in [-0.2, -0.15) is 0 Å². The number of likely N-dealkylation sites (tertiary alicyclic amines) is 1. The molecule has 1 aliphatic heterocycles. The molecule has 5 rings (SSSR count). The highest BCUT2D eigenvalue weighted by Crippen LogP contribution is 2.43. The van der Waals surface area contributed by atoms with E-state index in [1.54, 1.807) is 6.20 Å². The van der Waals surface area contributed by atoms with E-state index in [-0.39, 0.29) is 18.2 Å². The molecule has 4 atom stereocenters. The molecule has 0 bridgehead atoms. The van der Waals surface area contributed by atoms with Gasteiger partial charge in [0.2, 0.25) is 5.88 Å². The standard InChI is InChI=1S/C23H31N5O2/c1-16-24-10-11-28(16)20-12-17-14-27(23(29)26-19-6-2-3-7-19)15-18(17)13-21(20)30-22-8-4-5-9-25-22/h4-5,8-11,17-21H,2-3,6-7,12-15H2,1H3,(H,26,29)/t17-,18+,20-,21-/m0/s1. The van der Waals surface area contributed by atoms with Crippen molar-refractivity contribution in [2.45, 2.75) is 63.6 Å². The summed E-state index contributed by atoms with van der Waals surface area (Å²) in [5.41, 5.74) is 0. The van der Waals surface area contributed by atoms with Gasteiger partial charge in [-0.3, -0.25) is 0 Å². The SMILES string of the molecule is Cc1nccn1[C@H]1C[C@H]2CN(C(=O)NC3CCCC3)C[C@H]2C[C@@H]1Oc1ccccn1. The van der Waals surface area contributed by atoms with Gasteiger partial charge in [0.15, 0.2) is 0 Å². The summed E-state index contributed by atoms with van der Waals surface area (Å²) >= 11 is 0. The maximum Gasteiger partial charge on any atom is 0.317 e. The minimum absolute atomic E-state index is 0.0203. The largest absolute Gasteiger partial charge is 0.472 e. The van der Waals surface area contributed by atoms with Crippen molar-refractivity contribution in [2.75, 3.05) is 13.1 Å². The Labute approximate surface area is 177 Å². The van der Waals surface area contributed by atoms with Crippen LogP contribution in [-0.2, 0) is 0 Å². The van der Waals surface area contributed by atoms with Crippen molar-refractivity contribution in [1.82, 2.24) is 24.8 Å². The molecule has 1 N–H and O–H groups in total. The summed E-state index contributed by atoms with van der Waals surface area (Å²) in [5, 5.41) is 3.26. The fourth-order valence-electron chi connectivity index (χ4n) is 5.62. The number of aryl methyl sites for hydroxylation is 1. The van der Waals surface area contributed by atoms with Crippen LogP contribution >= 0.6 is 0 Å². The molecular formula is C23H31N5O2. The molecule has 0 aromatic carbocycles. The van der Waals surface area contributed by atoms with E-state index in [4.69, 9.17) is 4.74 Å². The molecule has 2 amide bonds. The molecule has 0 spiro atoms. The number of rotatable bonds is 4. The number of carbonyl (C=O) groups excluding carboxylic acids is 1. The van der Waals surface area contributed by atoms with Crippen LogP contribution in [0.3, 0.4) is 0 Å². The lowest BCUT2D eigenvalue weighted by Gasteiger charge is -2.38. The van der Waals surface area contributed by atoms with Crippen molar-refractivity contribution in [1.29, 1.82) is 0 Å². The van der Waals surface area contributed by atoms with E-state index >= 15 is 0 Å². The first-order valence-electron chi connectivity index (χ1n) is 11.3. The quantitative estimate of drug-likeness (QED) is 0.838. The second-order valence-electron chi connectivity index (χ2n) is 9.10. The number of pyridine rings is 1. The van der Waals surface area contributed by atoms with Gasteiger partial charge in [-0.1, -0.05) is 18.9 Å². The normalized spacial score (nSPS) is 29.0. The van der Waals surface area contributed by atoms with Crippen LogP contribution in [0.2, 0.25) is 0 Å². The first-order chi connectivity index (χ1) is 14.7. The van der Waals surface area contributed by atoms with Crippen LogP contribution < -0.4 is 10.1 Å². The minimum atomic E-state index is 0.0203. The van der Waals surface area contributed by atoms with Gasteiger partial charge in [0, 0.05) is 43.8 Å². The van der Waals surface area contributed by atoms with Gasteiger partial charge >= 0.3 is 6.03 Å². The summed E-state index contributed by atoms with van der Waals surface area (Å²) in [4.78, 5) is 23.7. The predicted molar refractivity (Wildman–Crippen MR) is 113 cm³/mol. The number of amides is 2. The monoisotopic (exact) mass is 409 g/mol. The lowest BCUT2D eigenvalue weighted by atomic mass is 9.77. The lowest BCUT2D eigenvalue weighted by molar-refractivity contribution is 0.0504. The Morgan fingerprint density at radius 1 is 1.10 bits per heavy atom. The average Bonchev–Trinajstić information content (AvgIpc) is 3.49. The number of nitrogens with one attached hydrogen (secondary N) is 1. The highest BCUT2D eigenvalue weighted by Gasteiger charge is 2.45. The van der Waals surface area contributed by atoms with E-state index in [9.17, 15) is 4.79 Å². The molecule has 3 heterocycles. The molecule has 0 radical (unpaired) electrons. The zero-order valence-electron chi connectivity index (χ0n) is 17.6. The molecule has 2 aromatic heterocycles. The lowest BCUT2D eigenvalue weighted by Crippen LogP contribution is -2.43. The number of hydrogen-bond acceptors (Lipinski definition) is 4. The van der Waals surface area contributed by atoms with Crippen molar-refractivity contribution in [2.24, 2.45) is 11.8 Å². The molecule has 7 heteroatoms. The fraction of sp³-hybridized carbons (Fsp3) is 0.609. The number of hydrogen-bond donors (Lipinski definition) is 1. The van der Waals surface area contributed by atoms with Crippen molar-refractivity contribution in [3.05, 3.63) is 42.6 Å². The van der Waals surface area contributed by atoms with E-state index in [1.807, 2.05) is 36.2 Å². The number of imidazole rings is 1. The topological polar surface area (TPSA) is 72.3 Å². The first kappa shape index (κ1) is 19.4. The molecule has 2 aliphatic carbocycles. The highest BCUT2D eigenvalue weighted by molar-refractivity contribution is 5.75. The molecule has 2 aromatic rings. The molecule has 30 heavy (non-hydrogen) atoms. The van der Waals surface area contributed by atoms with Crippen LogP contribution in [0.1, 0.15) is 50.4 Å². The Balaban J connectivity index is 1.31. The van der Waals surface area contributed by atoms with E-state index in [0.29, 0.717) is 23.8 Å². The number of aromatic nitrogens is 3. The average molecular weight is 410 g/mol. The van der Waals surface area contributed by atoms with Gasteiger partial charge in [0.25, 0.3) is 0 Å². The zero-order valence-corrected chi connectivity index (χ0v) is 17.6. The van der Waals surface area contributed by atoms with Gasteiger partial charge in [-0.15, -0.1) is 0 Å². The van der Waals surface area contributed by atoms with Crippen molar-refractivity contribution in [3.8, 4) is 5.88 Å². The summed E-state index contributed by atoms with van der Waals surface area (Å²) in [6.07, 6.45) is 12.3. The summed E-state index contributed by atoms with van der Waals surface area (Å²) in [6.45, 7) is 3.70. The van der Waals surface area contributed by atoms with Gasteiger partial charge in [-0.25, -0.2) is 14.8 Å². The predicted octanol–water partition coefficient (Wildman–Crippen LogP) is 3.57. The molecule has 2 saturated carbocycles. The van der Waals surface area contributed by atoms with Crippen LogP contribution in [0, 0.1) is 18.8 Å². The van der Waals surface area contributed by atoms with Crippen LogP contribution in [0.5, 0.6) is 5.88 Å². The Morgan fingerprint density at radius 3 is 2.60 bits per heavy atom. The maximum atomic E-state index is 12.8. The second kappa shape index (κ2) is 8.28. The summed E-state index contributed by atoms with van der Waals surface area (Å²) < 4.78 is 8.62. The molecule has 3 aliphatic rings. The van der Waals surface area contributed by atoms with Gasteiger partial charge in [0.05, 0.1) is 6.04 Å². The summed E-state index contributed by atoms with van der Waals surface area (Å²) in [6, 6.07) is 6.46. The van der Waals surface area contributed by atoms with Gasteiger partial charge < -0.3 is 19.5 Å². The third kappa shape index (κ3) is 3.89. The van der Waals surface area contributed by atoms with Crippen molar-refractivity contribution < 1.29 is 9.53 Å². The summed E-state index contributed by atoms with van der Waals surface area (Å²) in [7, 11) is 0. The third-order valence-corrected chi connectivity index (χ3v) is 7.18. The van der Waals surface area contributed by atoms with Crippen molar-refractivity contribution >= 4 is 6.03 Å². The van der Waals surface area contributed by atoms with Crippen LogP contribution in [0.15, 0.2) is 36.8 Å². The smallest absolute Gasteiger partial charge is 0.317 e. The number of ether oxygens (including phenoxy) is 1. The molecule has 1 saturated heterocycles. The highest BCUT2D eigenvalue weighted by atomic mass is 16.5. The van der Waals surface area contributed by atoms with Gasteiger partial charge in [0.1, 0.15) is 11.9 Å². The van der Waals surface area contributed by atoms with Crippen molar-refractivity contribution in [3.63, 3.8) is 0 Å². The Bertz CT molecular complexity index is 863. The molecular weight excluding hydrogens is 378 g/mol. The Kier molecular flexibility index (Phi) is 5.35. The molecule has 0 unspecified atom stereocenters. The minimum Gasteiger partial charge on any atom is -0.472 e. The van der Waals surface area contributed by atoms with Crippen LogP contribution in [0.25, 0.3) is 0 Å². The maximum absolute atomic E-state index is 12.8. The number of nitrogens with zero attached hydrogens (tertiary/aromatic N) is 4. The number of fused-ring (bicyclic) bond motifs is 1. The third-order valence-electron chi connectivity index (χ3n) is 7.18. The van der Waals surface area contributed by atoms with Crippen LogP contribution in [0.4, 0.5) is 4.79 Å². The Hall–Kier alpha value is -2.57. The van der Waals surface area contributed by atoms with Gasteiger partial charge in [-0.05, 0) is 50.5 Å². The van der Waals surface area contributed by atoms with E-state index in [1.165, 1.54) is 12.8 Å². The first-order valence-corrected chi connectivity index (χ1v) is 11.3. The van der Waals surface area contributed by atoms with Crippen LogP contribution in [-0.4, -0.2) is 50.7 Å². The zero-order chi connectivity index (χ0) is 20.5. The second-order valence-corrected chi connectivity index (χ2v) is 9.10. The van der Waals surface area contributed by atoms with E-state index < -0.39 is 0 Å². The Morgan fingerprint density at radius 2 is 1.90 bits per heavy atom. The fourth-order valence-corrected chi connectivity index (χ4v) is 5.62. The molecule has 3 fully saturated rings. The summed E-state index contributed by atoms with van der Waals surface area (Å²) in [5.74, 6) is 2.63. The number of carbonyl (C=O) groups is 1.